The Morgan fingerprint density at radius 1 is 1.08 bits per heavy atom. The summed E-state index contributed by atoms with van der Waals surface area (Å²) in [6, 6.07) is 19.1. The number of carbonyl (C=O) groups is 1. The van der Waals surface area contributed by atoms with E-state index in [1.54, 1.807) is 0 Å². The van der Waals surface area contributed by atoms with Gasteiger partial charge in [0, 0.05) is 6.04 Å². The Bertz CT molecular complexity index is 660. The van der Waals surface area contributed by atoms with Crippen LogP contribution in [0.3, 0.4) is 0 Å². The highest BCUT2D eigenvalue weighted by Gasteiger charge is 2.35. The van der Waals surface area contributed by atoms with Gasteiger partial charge >= 0.3 is 0 Å². The lowest BCUT2D eigenvalue weighted by Crippen LogP contribution is -2.41. The largest absolute Gasteiger partial charge is 0.388 e. The molecular formula is C20H24N2O2. The molecular weight excluding hydrogens is 300 g/mol. The first-order valence-corrected chi connectivity index (χ1v) is 8.50. The predicted molar refractivity (Wildman–Crippen MR) is 94.1 cm³/mol. The van der Waals surface area contributed by atoms with Crippen LogP contribution in [0, 0.1) is 0 Å². The van der Waals surface area contributed by atoms with Crippen molar-refractivity contribution in [3.8, 4) is 0 Å². The van der Waals surface area contributed by atoms with Gasteiger partial charge in [-0.1, -0.05) is 60.7 Å². The molecule has 0 bridgehead atoms. The van der Waals surface area contributed by atoms with E-state index in [9.17, 15) is 9.90 Å². The topological polar surface area (TPSA) is 66.6 Å². The van der Waals surface area contributed by atoms with Gasteiger partial charge in [0.05, 0.1) is 6.10 Å². The van der Waals surface area contributed by atoms with Crippen LogP contribution in [0.2, 0.25) is 0 Å². The number of nitrogens with zero attached hydrogens (tertiary/aromatic N) is 1. The molecule has 2 aromatic carbocycles. The maximum atomic E-state index is 12.1. The summed E-state index contributed by atoms with van der Waals surface area (Å²) in [5, 5.41) is 10.5. The minimum Gasteiger partial charge on any atom is -0.388 e. The molecule has 4 nitrogen and oxygen atoms in total. The summed E-state index contributed by atoms with van der Waals surface area (Å²) in [5.74, 6) is -0.331. The smallest absolute Gasteiger partial charge is 0.239 e. The fourth-order valence-corrected chi connectivity index (χ4v) is 3.67. The number of aliphatic hydroxyl groups is 1. The lowest BCUT2D eigenvalue weighted by Gasteiger charge is -2.32. The lowest BCUT2D eigenvalue weighted by molar-refractivity contribution is -0.124. The fraction of sp³-hybridized carbons (Fsp3) is 0.350. The first kappa shape index (κ1) is 16.7. The molecule has 0 spiro atoms. The van der Waals surface area contributed by atoms with Crippen LogP contribution in [0.4, 0.5) is 0 Å². The van der Waals surface area contributed by atoms with Gasteiger partial charge in [-0.2, -0.15) is 0 Å². The standard InChI is InChI=1S/C20H24N2O2/c21-20(24)19(16-10-5-2-6-11-16)22-13-7-12-17(22)14-18(23)15-8-3-1-4-9-15/h1-6,8-11,17-19,23H,7,12-14H2,(H2,21,24). The Morgan fingerprint density at radius 3 is 2.25 bits per heavy atom. The number of hydrogen-bond donors (Lipinski definition) is 2. The molecule has 1 heterocycles. The fourth-order valence-electron chi connectivity index (χ4n) is 3.67. The van der Waals surface area contributed by atoms with Crippen LogP contribution in [0.25, 0.3) is 0 Å². The van der Waals surface area contributed by atoms with Gasteiger partial charge < -0.3 is 10.8 Å². The number of likely N-dealkylation sites (tertiary alicyclic amines) is 1. The Morgan fingerprint density at radius 2 is 1.67 bits per heavy atom. The molecule has 1 fully saturated rings. The first-order chi connectivity index (χ1) is 11.7. The third-order valence-corrected chi connectivity index (χ3v) is 4.82. The van der Waals surface area contributed by atoms with E-state index in [1.165, 1.54) is 0 Å². The van der Waals surface area contributed by atoms with E-state index in [1.807, 2.05) is 60.7 Å². The van der Waals surface area contributed by atoms with Crippen LogP contribution in [0.15, 0.2) is 60.7 Å². The highest BCUT2D eigenvalue weighted by Crippen LogP contribution is 2.34. The molecule has 1 saturated heterocycles. The van der Waals surface area contributed by atoms with Gasteiger partial charge in [0.25, 0.3) is 0 Å². The van der Waals surface area contributed by atoms with Crippen molar-refractivity contribution in [1.82, 2.24) is 4.90 Å². The van der Waals surface area contributed by atoms with Gasteiger partial charge in [-0.25, -0.2) is 0 Å². The normalized spacial score (nSPS) is 20.6. The number of primary amides is 1. The summed E-state index contributed by atoms with van der Waals surface area (Å²) >= 11 is 0. The lowest BCUT2D eigenvalue weighted by atomic mass is 9.98. The van der Waals surface area contributed by atoms with Gasteiger partial charge in [-0.3, -0.25) is 9.69 Å². The Kier molecular flexibility index (Phi) is 5.28. The molecule has 1 aliphatic heterocycles. The van der Waals surface area contributed by atoms with E-state index in [0.29, 0.717) is 6.42 Å². The maximum absolute atomic E-state index is 12.1. The van der Waals surface area contributed by atoms with Crippen molar-refractivity contribution in [2.45, 2.75) is 37.5 Å². The average Bonchev–Trinajstić information content (AvgIpc) is 3.04. The molecule has 0 radical (unpaired) electrons. The van der Waals surface area contributed by atoms with Crippen molar-refractivity contribution in [3.63, 3.8) is 0 Å². The molecule has 0 aliphatic carbocycles. The van der Waals surface area contributed by atoms with Crippen LogP contribution < -0.4 is 5.73 Å². The number of rotatable bonds is 6. The van der Waals surface area contributed by atoms with E-state index < -0.39 is 12.1 Å². The molecule has 3 atom stereocenters. The van der Waals surface area contributed by atoms with Gasteiger partial charge in [-0.15, -0.1) is 0 Å². The minimum absolute atomic E-state index is 0.151. The Balaban J connectivity index is 1.77. The van der Waals surface area contributed by atoms with Crippen LogP contribution in [-0.2, 0) is 4.79 Å². The summed E-state index contributed by atoms with van der Waals surface area (Å²) < 4.78 is 0. The number of aliphatic hydroxyl groups excluding tert-OH is 1. The highest BCUT2D eigenvalue weighted by molar-refractivity contribution is 5.81. The number of carbonyl (C=O) groups excluding carboxylic acids is 1. The second kappa shape index (κ2) is 7.60. The molecule has 0 saturated carbocycles. The second-order valence-electron chi connectivity index (χ2n) is 6.41. The predicted octanol–water partition coefficient (Wildman–Crippen LogP) is 2.80. The number of nitrogens with two attached hydrogens (primary N) is 1. The molecule has 4 heteroatoms. The summed E-state index contributed by atoms with van der Waals surface area (Å²) in [7, 11) is 0. The van der Waals surface area contributed by atoms with E-state index >= 15 is 0 Å². The average molecular weight is 324 g/mol. The summed E-state index contributed by atoms with van der Waals surface area (Å²) in [6.45, 7) is 0.828. The van der Waals surface area contributed by atoms with E-state index in [2.05, 4.69) is 4.90 Å². The van der Waals surface area contributed by atoms with Crippen molar-refractivity contribution in [2.75, 3.05) is 6.54 Å². The molecule has 3 rings (SSSR count). The second-order valence-corrected chi connectivity index (χ2v) is 6.41. The molecule has 1 aliphatic rings. The monoisotopic (exact) mass is 324 g/mol. The Labute approximate surface area is 142 Å². The molecule has 3 unspecified atom stereocenters. The number of benzene rings is 2. The summed E-state index contributed by atoms with van der Waals surface area (Å²) in [4.78, 5) is 14.3. The summed E-state index contributed by atoms with van der Waals surface area (Å²) in [6.07, 6.45) is 2.07. The van der Waals surface area contributed by atoms with E-state index in [0.717, 1.165) is 30.5 Å². The highest BCUT2D eigenvalue weighted by atomic mass is 16.3. The van der Waals surface area contributed by atoms with Crippen LogP contribution in [0.1, 0.15) is 42.5 Å². The molecule has 2 aromatic rings. The quantitative estimate of drug-likeness (QED) is 0.858. The number of hydrogen-bond acceptors (Lipinski definition) is 3. The van der Waals surface area contributed by atoms with Gasteiger partial charge in [-0.05, 0) is 36.9 Å². The van der Waals surface area contributed by atoms with Crippen LogP contribution in [-0.4, -0.2) is 28.5 Å². The molecule has 0 aromatic heterocycles. The summed E-state index contributed by atoms with van der Waals surface area (Å²) in [5.41, 5.74) is 7.55. The van der Waals surface area contributed by atoms with Crippen LogP contribution in [0.5, 0.6) is 0 Å². The van der Waals surface area contributed by atoms with E-state index in [4.69, 9.17) is 5.73 Å². The minimum atomic E-state index is -0.527. The van der Waals surface area contributed by atoms with Gasteiger partial charge in [0.15, 0.2) is 0 Å². The van der Waals surface area contributed by atoms with Crippen molar-refractivity contribution in [3.05, 3.63) is 71.8 Å². The zero-order valence-corrected chi connectivity index (χ0v) is 13.7. The Hall–Kier alpha value is -2.17. The van der Waals surface area contributed by atoms with Gasteiger partial charge in [0.1, 0.15) is 6.04 Å². The molecule has 126 valence electrons. The number of amides is 1. The molecule has 24 heavy (non-hydrogen) atoms. The van der Waals surface area contributed by atoms with Crippen molar-refractivity contribution >= 4 is 5.91 Å². The molecule has 1 amide bonds. The molecule has 3 N–H and O–H groups in total. The van der Waals surface area contributed by atoms with Crippen LogP contribution >= 0.6 is 0 Å². The van der Waals surface area contributed by atoms with Gasteiger partial charge in [0.2, 0.25) is 5.91 Å². The maximum Gasteiger partial charge on any atom is 0.239 e. The third-order valence-electron chi connectivity index (χ3n) is 4.82. The van der Waals surface area contributed by atoms with Crippen molar-refractivity contribution in [1.29, 1.82) is 0 Å². The third kappa shape index (κ3) is 3.66. The SMILES string of the molecule is NC(=O)C(c1ccccc1)N1CCCC1CC(O)c1ccccc1. The van der Waals surface area contributed by atoms with E-state index in [-0.39, 0.29) is 11.9 Å². The first-order valence-electron chi connectivity index (χ1n) is 8.50. The van der Waals surface area contributed by atoms with Crippen molar-refractivity contribution < 1.29 is 9.90 Å². The van der Waals surface area contributed by atoms with Crippen molar-refractivity contribution in [2.24, 2.45) is 5.73 Å². The zero-order chi connectivity index (χ0) is 16.9. The zero-order valence-electron chi connectivity index (χ0n) is 13.7.